The second-order valence-corrected chi connectivity index (χ2v) is 11.7. The van der Waals surface area contributed by atoms with Crippen molar-refractivity contribution in [3.8, 4) is 0 Å². The van der Waals surface area contributed by atoms with Gasteiger partial charge in [0.15, 0.2) is 0 Å². The molecule has 3 rings (SSSR count). The molecule has 2 aliphatic rings. The highest BCUT2D eigenvalue weighted by atomic mass is 28.3. The van der Waals surface area contributed by atoms with Gasteiger partial charge in [-0.3, -0.25) is 0 Å². The molecule has 1 amide bonds. The number of carboxylic acid groups (broad SMARTS) is 1. The second kappa shape index (κ2) is 4.37. The van der Waals surface area contributed by atoms with Crippen LogP contribution in [-0.4, -0.2) is 37.3 Å². The molecule has 2 fully saturated rings. The number of hydrogen-bond donors (Lipinski definition) is 1. The van der Waals surface area contributed by atoms with Gasteiger partial charge in [0.1, 0.15) is 0 Å². The van der Waals surface area contributed by atoms with Gasteiger partial charge in [0.2, 0.25) is 0 Å². The van der Waals surface area contributed by atoms with E-state index in [1.165, 1.54) is 11.6 Å². The number of likely N-dealkylation sites (tertiary alicyclic amines) is 1. The van der Waals surface area contributed by atoms with Gasteiger partial charge < -0.3 is 10.0 Å². The number of amides is 1. The number of carbonyl (C=O) groups is 1. The van der Waals surface area contributed by atoms with E-state index in [1.807, 2.05) is 0 Å². The van der Waals surface area contributed by atoms with E-state index in [-0.39, 0.29) is 0 Å². The lowest BCUT2D eigenvalue weighted by Crippen LogP contribution is -2.37. The lowest BCUT2D eigenvalue weighted by molar-refractivity contribution is 0.150. The second-order valence-electron chi connectivity index (χ2n) is 6.69. The first-order chi connectivity index (χ1) is 8.99. The van der Waals surface area contributed by atoms with Crippen molar-refractivity contribution in [2.75, 3.05) is 13.1 Å². The number of benzene rings is 1. The van der Waals surface area contributed by atoms with Gasteiger partial charge in [0, 0.05) is 13.1 Å². The molecular formula is C15H21NO2Si. The van der Waals surface area contributed by atoms with Crippen molar-refractivity contribution in [3.63, 3.8) is 0 Å². The van der Waals surface area contributed by atoms with Gasteiger partial charge in [0.25, 0.3) is 0 Å². The Hall–Kier alpha value is -1.29. The minimum absolute atomic E-state index is 0.654. The summed E-state index contributed by atoms with van der Waals surface area (Å²) in [6, 6.07) is 11.9. The highest BCUT2D eigenvalue weighted by molar-refractivity contribution is 6.79. The van der Waals surface area contributed by atoms with Gasteiger partial charge in [-0.05, 0) is 23.4 Å². The van der Waals surface area contributed by atoms with Crippen molar-refractivity contribution in [2.24, 2.45) is 11.8 Å². The molecule has 3 atom stereocenters. The Labute approximate surface area is 115 Å². The number of fused-ring (bicyclic) bond motifs is 1. The largest absolute Gasteiger partial charge is 0.465 e. The van der Waals surface area contributed by atoms with Crippen LogP contribution in [0.2, 0.25) is 18.6 Å². The van der Waals surface area contributed by atoms with Crippen LogP contribution < -0.4 is 0 Å². The predicted octanol–water partition coefficient (Wildman–Crippen LogP) is 3.09. The van der Waals surface area contributed by atoms with Crippen LogP contribution in [0.5, 0.6) is 0 Å². The fraction of sp³-hybridized carbons (Fsp3) is 0.533. The third-order valence-corrected chi connectivity index (χ3v) is 8.85. The summed E-state index contributed by atoms with van der Waals surface area (Å²) in [5.41, 5.74) is 2.27. The highest BCUT2D eigenvalue weighted by Crippen LogP contribution is 2.61. The quantitative estimate of drug-likeness (QED) is 0.861. The van der Waals surface area contributed by atoms with Crippen molar-refractivity contribution >= 4 is 14.2 Å². The lowest BCUT2D eigenvalue weighted by Gasteiger charge is -2.27. The first kappa shape index (κ1) is 12.7. The van der Waals surface area contributed by atoms with Crippen LogP contribution in [0.1, 0.15) is 5.56 Å². The van der Waals surface area contributed by atoms with Crippen LogP contribution in [0, 0.1) is 11.8 Å². The Morgan fingerprint density at radius 2 is 1.84 bits per heavy atom. The number of nitrogens with zero attached hydrogens (tertiary/aromatic N) is 1. The number of rotatable bonds is 3. The zero-order chi connectivity index (χ0) is 13.6. The predicted molar refractivity (Wildman–Crippen MR) is 78.0 cm³/mol. The van der Waals surface area contributed by atoms with E-state index in [2.05, 4.69) is 43.4 Å². The molecule has 102 valence electrons. The minimum Gasteiger partial charge on any atom is -0.465 e. The summed E-state index contributed by atoms with van der Waals surface area (Å²) in [4.78, 5) is 12.5. The highest BCUT2D eigenvalue weighted by Gasteiger charge is 2.62. The monoisotopic (exact) mass is 275 g/mol. The molecule has 0 spiro atoms. The molecule has 0 unspecified atom stereocenters. The van der Waals surface area contributed by atoms with Gasteiger partial charge in [-0.2, -0.15) is 0 Å². The smallest absolute Gasteiger partial charge is 0.407 e. The maximum atomic E-state index is 11.0. The van der Waals surface area contributed by atoms with Crippen molar-refractivity contribution < 1.29 is 9.90 Å². The van der Waals surface area contributed by atoms with Crippen molar-refractivity contribution in [1.29, 1.82) is 0 Å². The first-order valence-corrected chi connectivity index (χ1v) is 10.3. The molecule has 3 nitrogen and oxygen atoms in total. The fourth-order valence-electron chi connectivity index (χ4n) is 4.08. The lowest BCUT2D eigenvalue weighted by atomic mass is 10.2. The summed E-state index contributed by atoms with van der Waals surface area (Å²) >= 11 is 0. The maximum Gasteiger partial charge on any atom is 0.407 e. The number of piperidine rings is 1. The Morgan fingerprint density at radius 3 is 2.37 bits per heavy atom. The maximum absolute atomic E-state index is 11.0. The topological polar surface area (TPSA) is 40.5 Å². The molecule has 19 heavy (non-hydrogen) atoms. The van der Waals surface area contributed by atoms with Crippen LogP contribution in [-0.2, 0) is 6.04 Å². The van der Waals surface area contributed by atoms with E-state index >= 15 is 0 Å². The molecule has 0 aromatic heterocycles. The third-order valence-electron chi connectivity index (χ3n) is 4.87. The van der Waals surface area contributed by atoms with Gasteiger partial charge in [-0.25, -0.2) is 4.79 Å². The first-order valence-electron chi connectivity index (χ1n) is 7.01. The van der Waals surface area contributed by atoms with Gasteiger partial charge >= 0.3 is 6.09 Å². The van der Waals surface area contributed by atoms with E-state index in [0.29, 0.717) is 11.8 Å². The molecule has 0 bridgehead atoms. The number of hydrogen-bond acceptors (Lipinski definition) is 1. The SMILES string of the molecule is C[Si](C)(Cc1ccccc1)[C@@H]1[C@@H]2CN(C(=O)O)C[C@@H]21. The third kappa shape index (κ3) is 2.29. The molecule has 1 aromatic carbocycles. The van der Waals surface area contributed by atoms with Crippen LogP contribution in [0.25, 0.3) is 0 Å². The van der Waals surface area contributed by atoms with Crippen LogP contribution in [0.3, 0.4) is 0 Å². The Balaban J connectivity index is 1.64. The van der Waals surface area contributed by atoms with Gasteiger partial charge in [-0.15, -0.1) is 0 Å². The summed E-state index contributed by atoms with van der Waals surface area (Å²) in [5, 5.41) is 9.01. The van der Waals surface area contributed by atoms with E-state index in [1.54, 1.807) is 4.90 Å². The summed E-state index contributed by atoms with van der Waals surface area (Å²) in [6.45, 7) is 6.48. The van der Waals surface area contributed by atoms with Crippen molar-refractivity contribution in [1.82, 2.24) is 4.90 Å². The van der Waals surface area contributed by atoms with Crippen LogP contribution >= 0.6 is 0 Å². The molecule has 1 aliphatic carbocycles. The zero-order valence-corrected chi connectivity index (χ0v) is 12.5. The molecule has 4 heteroatoms. The summed E-state index contributed by atoms with van der Waals surface area (Å²) in [6.07, 6.45) is -0.742. The average Bonchev–Trinajstić information content (AvgIpc) is 2.88. The molecule has 1 saturated heterocycles. The molecule has 1 saturated carbocycles. The van der Waals surface area contributed by atoms with Gasteiger partial charge in [0.05, 0.1) is 8.07 Å². The van der Waals surface area contributed by atoms with E-state index in [4.69, 9.17) is 5.11 Å². The summed E-state index contributed by atoms with van der Waals surface area (Å²) < 4.78 is 0. The van der Waals surface area contributed by atoms with Crippen molar-refractivity contribution in [2.45, 2.75) is 24.7 Å². The standard InChI is InChI=1S/C15H21NO2Si/c1-19(2,10-11-6-4-3-5-7-11)14-12-8-16(15(17)18)9-13(12)14/h3-7,12-14H,8-10H2,1-2H3,(H,17,18)/t12-,13+,14-. The Kier molecular flexibility index (Phi) is 2.93. The van der Waals surface area contributed by atoms with Gasteiger partial charge in [-0.1, -0.05) is 49.0 Å². The minimum atomic E-state index is -1.29. The average molecular weight is 275 g/mol. The normalized spacial score (nSPS) is 29.2. The van der Waals surface area contributed by atoms with Crippen LogP contribution in [0.4, 0.5) is 4.79 Å². The van der Waals surface area contributed by atoms with E-state index in [9.17, 15) is 4.79 Å². The fourth-order valence-corrected chi connectivity index (χ4v) is 8.52. The molecule has 1 aromatic rings. The van der Waals surface area contributed by atoms with Crippen molar-refractivity contribution in [3.05, 3.63) is 35.9 Å². The van der Waals surface area contributed by atoms with Crippen LogP contribution in [0.15, 0.2) is 30.3 Å². The molecule has 1 heterocycles. The summed E-state index contributed by atoms with van der Waals surface area (Å²) in [5.74, 6) is 1.31. The molecule has 1 aliphatic heterocycles. The van der Waals surface area contributed by atoms with E-state index in [0.717, 1.165) is 18.6 Å². The zero-order valence-electron chi connectivity index (χ0n) is 11.5. The Bertz CT molecular complexity index is 476. The Morgan fingerprint density at radius 1 is 1.26 bits per heavy atom. The molecule has 0 radical (unpaired) electrons. The van der Waals surface area contributed by atoms with E-state index < -0.39 is 14.2 Å². The molecular weight excluding hydrogens is 254 g/mol. The summed E-state index contributed by atoms with van der Waals surface area (Å²) in [7, 11) is -1.29. The molecule has 1 N–H and O–H groups in total.